The number of piperidine rings is 1. The highest BCUT2D eigenvalue weighted by molar-refractivity contribution is 6.42. The van der Waals surface area contributed by atoms with Crippen molar-refractivity contribution in [3.05, 3.63) is 40.4 Å². The Morgan fingerprint density at radius 2 is 1.86 bits per heavy atom. The molecule has 4 atom stereocenters. The van der Waals surface area contributed by atoms with Gasteiger partial charge < -0.3 is 19.8 Å². The van der Waals surface area contributed by atoms with Crippen molar-refractivity contribution in [2.75, 3.05) is 13.7 Å². The lowest BCUT2D eigenvalue weighted by Crippen LogP contribution is -2.48. The quantitative estimate of drug-likeness (QED) is 0.624. The number of nitrogens with zero attached hydrogens (tertiary/aromatic N) is 1. The van der Waals surface area contributed by atoms with Crippen LogP contribution in [0.1, 0.15) is 32.6 Å². The third kappa shape index (κ3) is 6.36. The van der Waals surface area contributed by atoms with Crippen LogP contribution in [0, 0.1) is 11.8 Å². The zero-order valence-electron chi connectivity index (χ0n) is 16.6. The van der Waals surface area contributed by atoms with E-state index in [1.807, 2.05) is 12.1 Å². The Morgan fingerprint density at radius 1 is 1.21 bits per heavy atom. The fourth-order valence-electron chi connectivity index (χ4n) is 4.32. The maximum Gasteiger partial charge on any atom is 0.328 e. The van der Waals surface area contributed by atoms with Crippen molar-refractivity contribution in [1.29, 1.82) is 0 Å². The summed E-state index contributed by atoms with van der Waals surface area (Å²) >= 11 is 12.3. The van der Waals surface area contributed by atoms with Gasteiger partial charge in [0.2, 0.25) is 0 Å². The molecule has 0 spiro atoms. The van der Waals surface area contributed by atoms with Crippen molar-refractivity contribution in [2.45, 2.75) is 44.7 Å². The number of ether oxygens (including phenoxy) is 1. The first-order chi connectivity index (χ1) is 13.7. The van der Waals surface area contributed by atoms with Gasteiger partial charge in [0.1, 0.15) is 10.8 Å². The number of carboxylic acid groups (broad SMARTS) is 2. The van der Waals surface area contributed by atoms with Crippen molar-refractivity contribution in [1.82, 2.24) is 4.90 Å². The fraction of sp³-hybridized carbons (Fsp3) is 0.524. The second kappa shape index (κ2) is 10.9. The van der Waals surface area contributed by atoms with Gasteiger partial charge in [-0.1, -0.05) is 42.6 Å². The summed E-state index contributed by atoms with van der Waals surface area (Å²) in [5, 5.41) is 16.7. The summed E-state index contributed by atoms with van der Waals surface area (Å²) in [6.07, 6.45) is 6.30. The van der Waals surface area contributed by atoms with Crippen LogP contribution < -0.4 is 4.74 Å². The standard InChI is InChI=1S/C17H23Cl2NO.C4H4O4/c1-3-11-9-12-7-8-15(20(12)2)13(11)10-21-16-6-4-5-14(18)17(16)19;5-3(6)1-2-4(7)8/h4-6,11-13,15H,3,7-10H2,1-2H3;1-2H,(H,5,6)(H,7,8)/b;2-1+/t11-,12?,13+,15?;/m0./s1. The summed E-state index contributed by atoms with van der Waals surface area (Å²) in [5.41, 5.74) is 0. The molecular formula is C21H27Cl2NO5. The van der Waals surface area contributed by atoms with Crippen molar-refractivity contribution < 1.29 is 24.5 Å². The van der Waals surface area contributed by atoms with Gasteiger partial charge >= 0.3 is 11.9 Å². The van der Waals surface area contributed by atoms with E-state index in [-0.39, 0.29) is 0 Å². The van der Waals surface area contributed by atoms with E-state index in [1.54, 1.807) is 6.07 Å². The maximum atomic E-state index is 9.55. The van der Waals surface area contributed by atoms with Crippen LogP contribution in [-0.2, 0) is 9.59 Å². The van der Waals surface area contributed by atoms with Gasteiger partial charge in [0.05, 0.1) is 11.6 Å². The second-order valence-corrected chi connectivity index (χ2v) is 8.19. The Labute approximate surface area is 181 Å². The summed E-state index contributed by atoms with van der Waals surface area (Å²) in [7, 11) is 2.27. The second-order valence-electron chi connectivity index (χ2n) is 7.40. The van der Waals surface area contributed by atoms with Crippen LogP contribution in [0.3, 0.4) is 0 Å². The maximum absolute atomic E-state index is 9.55. The summed E-state index contributed by atoms with van der Waals surface area (Å²) in [6.45, 7) is 3.04. The molecule has 2 fully saturated rings. The predicted molar refractivity (Wildman–Crippen MR) is 113 cm³/mol. The van der Waals surface area contributed by atoms with Gasteiger partial charge in [-0.25, -0.2) is 9.59 Å². The zero-order chi connectivity index (χ0) is 21.6. The molecule has 1 aromatic carbocycles. The largest absolute Gasteiger partial charge is 0.492 e. The molecule has 2 aliphatic heterocycles. The number of carboxylic acids is 2. The first-order valence-corrected chi connectivity index (χ1v) is 10.4. The molecule has 160 valence electrons. The topological polar surface area (TPSA) is 87.1 Å². The minimum absolute atomic E-state index is 0.528. The van der Waals surface area contributed by atoms with Gasteiger partial charge in [0, 0.05) is 30.2 Å². The molecule has 0 saturated carbocycles. The minimum atomic E-state index is -1.26. The third-order valence-corrected chi connectivity index (χ3v) is 6.61. The highest BCUT2D eigenvalue weighted by atomic mass is 35.5. The number of benzene rings is 1. The summed E-state index contributed by atoms with van der Waals surface area (Å²) < 4.78 is 6.05. The molecule has 2 bridgehead atoms. The molecule has 2 unspecified atom stereocenters. The van der Waals surface area contributed by atoms with Gasteiger partial charge in [-0.3, -0.25) is 0 Å². The van der Waals surface area contributed by atoms with E-state index in [0.717, 1.165) is 18.6 Å². The van der Waals surface area contributed by atoms with Crippen LogP contribution in [0.15, 0.2) is 30.4 Å². The van der Waals surface area contributed by atoms with Crippen molar-refractivity contribution in [3.8, 4) is 5.75 Å². The molecule has 8 heteroatoms. The molecule has 2 aliphatic rings. The zero-order valence-corrected chi connectivity index (χ0v) is 18.1. The number of aliphatic carboxylic acids is 2. The van der Waals surface area contributed by atoms with E-state index in [2.05, 4.69) is 18.9 Å². The molecule has 2 N–H and O–H groups in total. The van der Waals surface area contributed by atoms with Gasteiger partial charge in [0.25, 0.3) is 0 Å². The number of halogens is 2. The van der Waals surface area contributed by atoms with Crippen LogP contribution in [0.2, 0.25) is 10.0 Å². The molecule has 1 aromatic rings. The average Bonchev–Trinajstić information content (AvgIpc) is 2.92. The first kappa shape index (κ1) is 23.5. The lowest BCUT2D eigenvalue weighted by Gasteiger charge is -2.42. The molecule has 2 heterocycles. The molecule has 6 nitrogen and oxygen atoms in total. The SMILES string of the molecule is CC[C@H]1CC2CCC([C@@H]1COc1cccc(Cl)c1Cl)N2C.O=C(O)/C=C/C(=O)O. The summed E-state index contributed by atoms with van der Waals surface area (Å²) in [6, 6.07) is 7.03. The predicted octanol–water partition coefficient (Wildman–Crippen LogP) is 4.59. The molecule has 0 aromatic heterocycles. The van der Waals surface area contributed by atoms with Gasteiger partial charge in [-0.2, -0.15) is 0 Å². The highest BCUT2D eigenvalue weighted by Crippen LogP contribution is 2.43. The van der Waals surface area contributed by atoms with E-state index < -0.39 is 11.9 Å². The van der Waals surface area contributed by atoms with E-state index in [1.165, 1.54) is 25.7 Å². The van der Waals surface area contributed by atoms with E-state index in [4.69, 9.17) is 38.2 Å². The Kier molecular flexibility index (Phi) is 8.80. The van der Waals surface area contributed by atoms with Gasteiger partial charge in [-0.05, 0) is 44.4 Å². The smallest absolute Gasteiger partial charge is 0.328 e. The lowest BCUT2D eigenvalue weighted by molar-refractivity contribution is -0.134. The van der Waals surface area contributed by atoms with E-state index >= 15 is 0 Å². The average molecular weight is 444 g/mol. The number of rotatable bonds is 6. The van der Waals surface area contributed by atoms with Crippen LogP contribution in [0.4, 0.5) is 0 Å². The molecule has 0 amide bonds. The first-order valence-electron chi connectivity index (χ1n) is 9.67. The molecule has 0 aliphatic carbocycles. The Morgan fingerprint density at radius 3 is 2.45 bits per heavy atom. The molecule has 29 heavy (non-hydrogen) atoms. The number of hydrogen-bond donors (Lipinski definition) is 2. The molecule has 2 saturated heterocycles. The number of hydrogen-bond acceptors (Lipinski definition) is 4. The van der Waals surface area contributed by atoms with Crippen LogP contribution in [-0.4, -0.2) is 52.8 Å². The number of fused-ring (bicyclic) bond motifs is 2. The Hall–Kier alpha value is -1.76. The van der Waals surface area contributed by atoms with Crippen LogP contribution >= 0.6 is 23.2 Å². The molecular weight excluding hydrogens is 417 g/mol. The Balaban J connectivity index is 0.000000321. The van der Waals surface area contributed by atoms with Crippen molar-refractivity contribution in [3.63, 3.8) is 0 Å². The van der Waals surface area contributed by atoms with Gasteiger partial charge in [-0.15, -0.1) is 0 Å². The van der Waals surface area contributed by atoms with E-state index in [9.17, 15) is 9.59 Å². The molecule has 3 rings (SSSR count). The Bertz CT molecular complexity index is 739. The third-order valence-electron chi connectivity index (χ3n) is 5.81. The monoisotopic (exact) mass is 443 g/mol. The highest BCUT2D eigenvalue weighted by Gasteiger charge is 2.44. The number of carbonyl (C=O) groups is 2. The van der Waals surface area contributed by atoms with Crippen LogP contribution in [0.5, 0.6) is 5.75 Å². The molecule has 0 radical (unpaired) electrons. The van der Waals surface area contributed by atoms with E-state index in [0.29, 0.717) is 39.9 Å². The summed E-state index contributed by atoms with van der Waals surface area (Å²) in [4.78, 5) is 21.7. The van der Waals surface area contributed by atoms with Crippen molar-refractivity contribution in [2.24, 2.45) is 11.8 Å². The normalized spacial score (nSPS) is 26.1. The van der Waals surface area contributed by atoms with Crippen LogP contribution in [0.25, 0.3) is 0 Å². The summed E-state index contributed by atoms with van der Waals surface area (Å²) in [5.74, 6) is -0.452. The lowest BCUT2D eigenvalue weighted by atomic mass is 9.79. The van der Waals surface area contributed by atoms with Gasteiger partial charge in [0.15, 0.2) is 0 Å². The minimum Gasteiger partial charge on any atom is -0.492 e. The van der Waals surface area contributed by atoms with Crippen molar-refractivity contribution >= 4 is 35.1 Å². The fourth-order valence-corrected chi connectivity index (χ4v) is 4.67.